The highest BCUT2D eigenvalue weighted by atomic mass is 19.2. The van der Waals surface area contributed by atoms with Crippen LogP contribution in [0, 0.1) is 11.6 Å². The third-order valence-corrected chi connectivity index (χ3v) is 4.73. The Morgan fingerprint density at radius 1 is 0.875 bits per heavy atom. The number of halogens is 3. The molecule has 3 nitrogen and oxygen atoms in total. The van der Waals surface area contributed by atoms with Crippen LogP contribution in [-0.4, -0.2) is 18.8 Å². The first-order valence-electron chi connectivity index (χ1n) is 9.59. The number of phenols is 1. The zero-order valence-electron chi connectivity index (χ0n) is 17.4. The van der Waals surface area contributed by atoms with Gasteiger partial charge in [-0.2, -0.15) is 0 Å². The molecule has 1 N–H and O–H groups in total. The molecule has 0 spiro atoms. The molecule has 3 rings (SSSR count). The molecule has 164 valence electrons. The molecule has 0 bridgehead atoms. The van der Waals surface area contributed by atoms with Crippen molar-refractivity contribution < 1.29 is 27.8 Å². The van der Waals surface area contributed by atoms with E-state index < -0.39 is 17.5 Å². The topological polar surface area (TPSA) is 38.7 Å². The number of methoxy groups -OCH3 is 1. The summed E-state index contributed by atoms with van der Waals surface area (Å²) in [4.78, 5) is 0. The van der Waals surface area contributed by atoms with Crippen molar-refractivity contribution in [3.63, 3.8) is 0 Å². The molecule has 0 heterocycles. The zero-order chi connectivity index (χ0) is 23.3. The van der Waals surface area contributed by atoms with Crippen LogP contribution in [-0.2, 0) is 4.74 Å². The van der Waals surface area contributed by atoms with Crippen LogP contribution in [0.2, 0.25) is 0 Å². The van der Waals surface area contributed by atoms with E-state index in [0.717, 1.165) is 6.08 Å². The van der Waals surface area contributed by atoms with Crippen LogP contribution in [0.1, 0.15) is 0 Å². The van der Waals surface area contributed by atoms with Gasteiger partial charge < -0.3 is 14.6 Å². The lowest BCUT2D eigenvalue weighted by atomic mass is 9.98. The van der Waals surface area contributed by atoms with E-state index in [1.807, 2.05) is 0 Å². The Morgan fingerprint density at radius 3 is 1.88 bits per heavy atom. The molecule has 0 unspecified atom stereocenters. The summed E-state index contributed by atoms with van der Waals surface area (Å²) in [5.74, 6) is -1.97. The molecular weight excluding hydrogens is 417 g/mol. The van der Waals surface area contributed by atoms with Crippen LogP contribution in [0.3, 0.4) is 0 Å². The number of hydrogen-bond donors (Lipinski definition) is 1. The molecule has 0 fully saturated rings. The smallest absolute Gasteiger partial charge is 0.167 e. The fourth-order valence-electron chi connectivity index (χ4n) is 2.91. The van der Waals surface area contributed by atoms with Crippen molar-refractivity contribution in [1.29, 1.82) is 0 Å². The maximum Gasteiger partial charge on any atom is 0.167 e. The largest absolute Gasteiger partial charge is 0.508 e. The summed E-state index contributed by atoms with van der Waals surface area (Å²) in [6.07, 6.45) is 1.11. The molecule has 0 aromatic heterocycles. The fraction of sp³-hybridized carbons (Fsp3) is 0.0769. The van der Waals surface area contributed by atoms with E-state index >= 15 is 0 Å². The summed E-state index contributed by atoms with van der Waals surface area (Å²) in [6.45, 7) is 7.01. The van der Waals surface area contributed by atoms with Crippen LogP contribution >= 0.6 is 0 Å². The molecule has 0 radical (unpaired) electrons. The fourth-order valence-corrected chi connectivity index (χ4v) is 2.91. The second kappa shape index (κ2) is 9.92. The van der Waals surface area contributed by atoms with Crippen molar-refractivity contribution in [2.45, 2.75) is 0 Å². The predicted molar refractivity (Wildman–Crippen MR) is 119 cm³/mol. The standard InChI is InChI=1S/C26H21F3O3/c1-16(24(27)14-17(2)31-3)15-32-21-10-6-19(7-11-21)23-13-12-22(25(28)26(23)29)18-4-8-20(30)9-5-18/h4-14,30H,1-2,15H2,3H3/b24-14+. The second-order valence-corrected chi connectivity index (χ2v) is 6.91. The third kappa shape index (κ3) is 5.21. The number of hydrogen-bond acceptors (Lipinski definition) is 3. The quantitative estimate of drug-likeness (QED) is 0.305. The van der Waals surface area contributed by atoms with Crippen LogP contribution in [0.5, 0.6) is 11.5 Å². The van der Waals surface area contributed by atoms with Crippen molar-refractivity contribution in [3.05, 3.63) is 109 Å². The summed E-state index contributed by atoms with van der Waals surface area (Å²) >= 11 is 0. The lowest BCUT2D eigenvalue weighted by molar-refractivity contribution is 0.306. The minimum absolute atomic E-state index is 0.0383. The van der Waals surface area contributed by atoms with Gasteiger partial charge >= 0.3 is 0 Å². The lowest BCUT2D eigenvalue weighted by Crippen LogP contribution is -2.01. The van der Waals surface area contributed by atoms with Gasteiger partial charge in [0.2, 0.25) is 0 Å². The van der Waals surface area contributed by atoms with E-state index in [-0.39, 0.29) is 34.8 Å². The van der Waals surface area contributed by atoms with E-state index in [9.17, 15) is 18.3 Å². The van der Waals surface area contributed by atoms with Crippen LogP contribution in [0.25, 0.3) is 22.3 Å². The lowest BCUT2D eigenvalue weighted by Gasteiger charge is -2.11. The van der Waals surface area contributed by atoms with E-state index in [4.69, 9.17) is 9.47 Å². The second-order valence-electron chi connectivity index (χ2n) is 6.91. The monoisotopic (exact) mass is 438 g/mol. The minimum Gasteiger partial charge on any atom is -0.508 e. The van der Waals surface area contributed by atoms with E-state index in [2.05, 4.69) is 13.2 Å². The summed E-state index contributed by atoms with van der Waals surface area (Å²) in [7, 11) is 1.38. The molecular formula is C26H21F3O3. The van der Waals surface area contributed by atoms with Crippen LogP contribution < -0.4 is 4.74 Å². The Balaban J connectivity index is 1.74. The molecule has 0 aliphatic rings. The number of benzene rings is 3. The SMILES string of the molecule is C=C(/C=C(/F)C(=C)COc1ccc(-c2ccc(-c3ccc(O)cc3)c(F)c2F)cc1)OC. The Morgan fingerprint density at radius 2 is 1.38 bits per heavy atom. The summed E-state index contributed by atoms with van der Waals surface area (Å²) < 4.78 is 53.7. The summed E-state index contributed by atoms with van der Waals surface area (Å²) in [6, 6.07) is 15.1. The van der Waals surface area contributed by atoms with Gasteiger partial charge in [0.25, 0.3) is 0 Å². The zero-order valence-corrected chi connectivity index (χ0v) is 17.4. The number of aromatic hydroxyl groups is 1. The highest BCUT2D eigenvalue weighted by molar-refractivity contribution is 5.72. The number of rotatable bonds is 8. The molecule has 0 aliphatic heterocycles. The van der Waals surface area contributed by atoms with E-state index in [0.29, 0.717) is 16.9 Å². The van der Waals surface area contributed by atoms with E-state index in [1.54, 1.807) is 24.3 Å². The molecule has 0 atom stereocenters. The molecule has 0 aliphatic carbocycles. The van der Waals surface area contributed by atoms with Crippen molar-refractivity contribution in [3.8, 4) is 33.8 Å². The molecule has 0 saturated heterocycles. The average molecular weight is 438 g/mol. The Kier molecular flexibility index (Phi) is 7.05. The number of allylic oxidation sites excluding steroid dienone is 1. The first-order valence-corrected chi connectivity index (χ1v) is 9.59. The Labute approximate surface area is 184 Å². The van der Waals surface area contributed by atoms with Crippen molar-refractivity contribution >= 4 is 0 Å². The highest BCUT2D eigenvalue weighted by Gasteiger charge is 2.16. The van der Waals surface area contributed by atoms with Gasteiger partial charge in [-0.05, 0) is 35.4 Å². The van der Waals surface area contributed by atoms with Gasteiger partial charge in [0.15, 0.2) is 11.6 Å². The molecule has 6 heteroatoms. The number of phenolic OH excluding ortho intramolecular Hbond substituents is 1. The Bertz CT molecular complexity index is 1160. The van der Waals surface area contributed by atoms with E-state index in [1.165, 1.54) is 43.5 Å². The molecule has 3 aromatic rings. The van der Waals surface area contributed by atoms with Crippen LogP contribution in [0.4, 0.5) is 13.2 Å². The van der Waals surface area contributed by atoms with Crippen molar-refractivity contribution in [2.75, 3.05) is 13.7 Å². The van der Waals surface area contributed by atoms with Crippen molar-refractivity contribution in [1.82, 2.24) is 0 Å². The highest BCUT2D eigenvalue weighted by Crippen LogP contribution is 2.32. The third-order valence-electron chi connectivity index (χ3n) is 4.73. The van der Waals surface area contributed by atoms with Gasteiger partial charge in [0, 0.05) is 22.8 Å². The normalized spacial score (nSPS) is 11.2. The number of ether oxygens (including phenoxy) is 2. The average Bonchev–Trinajstić information content (AvgIpc) is 2.80. The summed E-state index contributed by atoms with van der Waals surface area (Å²) in [5, 5.41) is 9.37. The first-order chi connectivity index (χ1) is 15.3. The molecule has 32 heavy (non-hydrogen) atoms. The predicted octanol–water partition coefficient (Wildman–Crippen LogP) is 6.95. The molecule has 3 aromatic carbocycles. The first kappa shape index (κ1) is 22.7. The van der Waals surface area contributed by atoms with Crippen molar-refractivity contribution in [2.24, 2.45) is 0 Å². The van der Waals surface area contributed by atoms with Gasteiger partial charge in [0.05, 0.1) is 7.11 Å². The maximum absolute atomic E-state index is 14.8. The van der Waals surface area contributed by atoms with Gasteiger partial charge in [-0.1, -0.05) is 49.6 Å². The minimum atomic E-state index is -0.983. The molecule has 0 saturated carbocycles. The summed E-state index contributed by atoms with van der Waals surface area (Å²) in [5.41, 5.74) is 1.19. The maximum atomic E-state index is 14.8. The van der Waals surface area contributed by atoms with Gasteiger partial charge in [0.1, 0.15) is 29.7 Å². The van der Waals surface area contributed by atoms with Gasteiger partial charge in [-0.3, -0.25) is 0 Å². The Hall–Kier alpha value is -3.93. The molecule has 0 amide bonds. The van der Waals surface area contributed by atoms with Crippen LogP contribution in [0.15, 0.2) is 97.1 Å². The van der Waals surface area contributed by atoms with Gasteiger partial charge in [-0.15, -0.1) is 0 Å². The van der Waals surface area contributed by atoms with Gasteiger partial charge in [-0.25, -0.2) is 13.2 Å².